The average Bonchev–Trinajstić information content (AvgIpc) is 1.69. The van der Waals surface area contributed by atoms with Crippen molar-refractivity contribution in [2.75, 3.05) is 7.05 Å². The normalized spacial score (nSPS) is 10.0. The second kappa shape index (κ2) is 5.54. The van der Waals surface area contributed by atoms with Crippen LogP contribution in [0.25, 0.3) is 0 Å². The molecule has 1 nitrogen and oxygen atoms in total. The van der Waals surface area contributed by atoms with Crippen LogP contribution in [0.4, 0.5) is 0 Å². The third-order valence-electron chi connectivity index (χ3n) is 0.740. The molecule has 0 aromatic rings. The van der Waals surface area contributed by atoms with Crippen LogP contribution in [0.1, 0.15) is 19.8 Å². The van der Waals surface area contributed by atoms with Gasteiger partial charge in [0, 0.05) is 7.05 Å². The first-order valence-electron chi connectivity index (χ1n) is 2.74. The minimum absolute atomic E-state index is 1.18. The lowest BCUT2D eigenvalue weighted by Gasteiger charge is -1.83. The lowest BCUT2D eigenvalue weighted by atomic mass is 10.3. The number of rotatable bonds is 3. The molecule has 1 N–H and O–H groups in total. The van der Waals surface area contributed by atoms with Gasteiger partial charge in [-0.3, -0.25) is 0 Å². The SMILES string of the molecule is CCC/C=C\NC. The summed E-state index contributed by atoms with van der Waals surface area (Å²) in [6, 6.07) is 0. The van der Waals surface area contributed by atoms with Gasteiger partial charge in [-0.1, -0.05) is 19.4 Å². The predicted molar refractivity (Wildman–Crippen MR) is 33.1 cm³/mol. The zero-order chi connectivity index (χ0) is 5.54. The Labute approximate surface area is 45.4 Å². The lowest BCUT2D eigenvalue weighted by Crippen LogP contribution is -1.90. The maximum atomic E-state index is 2.92. The quantitative estimate of drug-likeness (QED) is 0.565. The molecule has 1 heteroatoms. The summed E-state index contributed by atoms with van der Waals surface area (Å²) in [4.78, 5) is 0. The van der Waals surface area contributed by atoms with Crippen LogP contribution in [-0.2, 0) is 0 Å². The molecule has 0 radical (unpaired) electrons. The molecule has 7 heavy (non-hydrogen) atoms. The van der Waals surface area contributed by atoms with Gasteiger partial charge in [-0.2, -0.15) is 0 Å². The first kappa shape index (κ1) is 6.54. The minimum Gasteiger partial charge on any atom is -0.394 e. The molecule has 0 aromatic heterocycles. The zero-order valence-electron chi connectivity index (χ0n) is 5.07. The van der Waals surface area contributed by atoms with E-state index in [0.29, 0.717) is 0 Å². The van der Waals surface area contributed by atoms with Crippen molar-refractivity contribution in [3.63, 3.8) is 0 Å². The van der Waals surface area contributed by atoms with E-state index in [2.05, 4.69) is 18.3 Å². The number of allylic oxidation sites excluding steroid dienone is 1. The van der Waals surface area contributed by atoms with Gasteiger partial charge in [0.05, 0.1) is 0 Å². The van der Waals surface area contributed by atoms with Crippen LogP contribution in [0, 0.1) is 0 Å². The average molecular weight is 99.2 g/mol. The largest absolute Gasteiger partial charge is 0.394 e. The van der Waals surface area contributed by atoms with Gasteiger partial charge in [-0.25, -0.2) is 0 Å². The van der Waals surface area contributed by atoms with Crippen molar-refractivity contribution in [1.29, 1.82) is 0 Å². The highest BCUT2D eigenvalue weighted by Gasteiger charge is 1.67. The van der Waals surface area contributed by atoms with Gasteiger partial charge < -0.3 is 5.32 Å². The molecular formula is C6H13N. The first-order chi connectivity index (χ1) is 3.41. The van der Waals surface area contributed by atoms with Crippen LogP contribution in [-0.4, -0.2) is 7.05 Å². The van der Waals surface area contributed by atoms with Crippen molar-refractivity contribution in [1.82, 2.24) is 5.32 Å². The number of hydrogen-bond donors (Lipinski definition) is 1. The summed E-state index contributed by atoms with van der Waals surface area (Å²) >= 11 is 0. The summed E-state index contributed by atoms with van der Waals surface area (Å²) in [5, 5.41) is 2.92. The van der Waals surface area contributed by atoms with E-state index in [0.717, 1.165) is 0 Å². The Morgan fingerprint density at radius 2 is 2.29 bits per heavy atom. The second-order valence-corrected chi connectivity index (χ2v) is 1.48. The van der Waals surface area contributed by atoms with E-state index in [9.17, 15) is 0 Å². The number of unbranched alkanes of at least 4 members (excludes halogenated alkanes) is 1. The van der Waals surface area contributed by atoms with Gasteiger partial charge in [0.2, 0.25) is 0 Å². The van der Waals surface area contributed by atoms with Crippen LogP contribution < -0.4 is 5.32 Å². The first-order valence-corrected chi connectivity index (χ1v) is 2.74. The van der Waals surface area contributed by atoms with E-state index < -0.39 is 0 Å². The third-order valence-corrected chi connectivity index (χ3v) is 0.740. The molecule has 0 atom stereocenters. The fraction of sp³-hybridized carbons (Fsp3) is 0.667. The van der Waals surface area contributed by atoms with Crippen molar-refractivity contribution in [3.8, 4) is 0 Å². The van der Waals surface area contributed by atoms with E-state index in [4.69, 9.17) is 0 Å². The Balaban J connectivity index is 2.78. The van der Waals surface area contributed by atoms with Crippen LogP contribution in [0.3, 0.4) is 0 Å². The fourth-order valence-corrected chi connectivity index (χ4v) is 0.368. The number of hydrogen-bond acceptors (Lipinski definition) is 1. The van der Waals surface area contributed by atoms with Crippen LogP contribution >= 0.6 is 0 Å². The molecule has 0 spiro atoms. The highest BCUT2D eigenvalue weighted by atomic mass is 14.8. The molecule has 0 rings (SSSR count). The molecule has 0 saturated carbocycles. The van der Waals surface area contributed by atoms with Crippen LogP contribution in [0.5, 0.6) is 0 Å². The molecule has 0 aliphatic rings. The monoisotopic (exact) mass is 99.1 g/mol. The van der Waals surface area contributed by atoms with Crippen molar-refractivity contribution < 1.29 is 0 Å². The Hall–Kier alpha value is -0.460. The molecule has 0 unspecified atom stereocenters. The van der Waals surface area contributed by atoms with E-state index in [1.165, 1.54) is 12.8 Å². The maximum Gasteiger partial charge on any atom is 0.00276 e. The van der Waals surface area contributed by atoms with E-state index in [1.807, 2.05) is 13.2 Å². The minimum atomic E-state index is 1.18. The molecule has 0 amide bonds. The summed E-state index contributed by atoms with van der Waals surface area (Å²) in [6.07, 6.45) is 6.50. The lowest BCUT2D eigenvalue weighted by molar-refractivity contribution is 0.943. The Morgan fingerprint density at radius 1 is 1.57 bits per heavy atom. The molecule has 0 aliphatic heterocycles. The Kier molecular flexibility index (Phi) is 5.18. The van der Waals surface area contributed by atoms with E-state index >= 15 is 0 Å². The van der Waals surface area contributed by atoms with Crippen LogP contribution in [0.15, 0.2) is 12.3 Å². The maximum absolute atomic E-state index is 2.92. The van der Waals surface area contributed by atoms with Gasteiger partial charge in [0.25, 0.3) is 0 Å². The van der Waals surface area contributed by atoms with E-state index in [-0.39, 0.29) is 0 Å². The van der Waals surface area contributed by atoms with Crippen molar-refractivity contribution in [2.45, 2.75) is 19.8 Å². The number of nitrogens with one attached hydrogen (secondary N) is 1. The third kappa shape index (κ3) is 5.54. The van der Waals surface area contributed by atoms with Gasteiger partial charge in [-0.05, 0) is 12.6 Å². The molecular weight excluding hydrogens is 86.1 g/mol. The summed E-state index contributed by atoms with van der Waals surface area (Å²) in [5.74, 6) is 0. The van der Waals surface area contributed by atoms with Gasteiger partial charge in [0.1, 0.15) is 0 Å². The molecule has 0 fully saturated rings. The highest BCUT2D eigenvalue weighted by molar-refractivity contribution is 4.76. The summed E-state index contributed by atoms with van der Waals surface area (Å²) in [6.45, 7) is 2.17. The molecule has 0 saturated heterocycles. The zero-order valence-corrected chi connectivity index (χ0v) is 5.07. The summed E-state index contributed by atoms with van der Waals surface area (Å²) < 4.78 is 0. The topological polar surface area (TPSA) is 12.0 Å². The molecule has 0 heterocycles. The predicted octanol–water partition coefficient (Wildman–Crippen LogP) is 1.52. The molecule has 42 valence electrons. The molecule has 0 bridgehead atoms. The van der Waals surface area contributed by atoms with Gasteiger partial charge in [0.15, 0.2) is 0 Å². The fourth-order valence-electron chi connectivity index (χ4n) is 0.368. The molecule has 0 aliphatic carbocycles. The Morgan fingerprint density at radius 3 is 2.71 bits per heavy atom. The smallest absolute Gasteiger partial charge is 0.00276 e. The Bertz CT molecular complexity index is 48.1. The van der Waals surface area contributed by atoms with Crippen LogP contribution in [0.2, 0.25) is 0 Å². The van der Waals surface area contributed by atoms with Crippen molar-refractivity contribution in [2.24, 2.45) is 0 Å². The van der Waals surface area contributed by atoms with Gasteiger partial charge >= 0.3 is 0 Å². The summed E-state index contributed by atoms with van der Waals surface area (Å²) in [5.41, 5.74) is 0. The summed E-state index contributed by atoms with van der Waals surface area (Å²) in [7, 11) is 1.91. The van der Waals surface area contributed by atoms with Crippen molar-refractivity contribution >= 4 is 0 Å². The highest BCUT2D eigenvalue weighted by Crippen LogP contribution is 1.84. The molecule has 0 aromatic carbocycles. The van der Waals surface area contributed by atoms with Gasteiger partial charge in [-0.15, -0.1) is 0 Å². The second-order valence-electron chi connectivity index (χ2n) is 1.48. The van der Waals surface area contributed by atoms with E-state index in [1.54, 1.807) is 0 Å². The van der Waals surface area contributed by atoms with Crippen molar-refractivity contribution in [3.05, 3.63) is 12.3 Å². The standard InChI is InChI=1S/C6H13N/c1-3-4-5-6-7-2/h5-7H,3-4H2,1-2H3/b6-5-.